The molecule has 0 saturated heterocycles. The molecule has 0 N–H and O–H groups in total. The van der Waals surface area contributed by atoms with Crippen molar-refractivity contribution in [3.8, 4) is 11.3 Å². The molecule has 1 heterocycles. The number of benzene rings is 3. The predicted molar refractivity (Wildman–Crippen MR) is 103 cm³/mol. The van der Waals surface area contributed by atoms with E-state index in [-0.39, 0.29) is 5.91 Å². The first kappa shape index (κ1) is 15.4. The zero-order chi connectivity index (χ0) is 17.4. The number of aryl methyl sites for hydroxylation is 2. The fourth-order valence-electron chi connectivity index (χ4n) is 3.22. The van der Waals surface area contributed by atoms with Gasteiger partial charge in [-0.2, -0.15) is 0 Å². The van der Waals surface area contributed by atoms with E-state index in [9.17, 15) is 4.79 Å². The molecule has 25 heavy (non-hydrogen) atoms. The molecule has 0 aliphatic carbocycles. The van der Waals surface area contributed by atoms with Gasteiger partial charge in [-0.1, -0.05) is 48.5 Å². The van der Waals surface area contributed by atoms with Crippen molar-refractivity contribution in [3.63, 3.8) is 0 Å². The highest BCUT2D eigenvalue weighted by Crippen LogP contribution is 2.31. The Hall–Kier alpha value is -3.13. The van der Waals surface area contributed by atoms with Crippen molar-refractivity contribution >= 4 is 16.8 Å². The Labute approximate surface area is 147 Å². The van der Waals surface area contributed by atoms with Crippen LogP contribution >= 0.6 is 0 Å². The molecular formula is C23H19NO. The van der Waals surface area contributed by atoms with E-state index in [1.807, 2.05) is 65.2 Å². The number of aromatic nitrogens is 1. The fourth-order valence-corrected chi connectivity index (χ4v) is 3.22. The summed E-state index contributed by atoms with van der Waals surface area (Å²) in [5.74, 6) is -0.00212. The first-order chi connectivity index (χ1) is 12.1. The highest BCUT2D eigenvalue weighted by atomic mass is 16.2. The third-order valence-electron chi connectivity index (χ3n) is 4.71. The molecular weight excluding hydrogens is 306 g/mol. The fraction of sp³-hybridized carbons (Fsp3) is 0.0870. The van der Waals surface area contributed by atoms with E-state index in [4.69, 9.17) is 0 Å². The average molecular weight is 325 g/mol. The maximum atomic E-state index is 13.3. The van der Waals surface area contributed by atoms with E-state index in [2.05, 4.69) is 32.0 Å². The minimum absolute atomic E-state index is 0.00212. The molecule has 4 aromatic rings. The molecule has 0 saturated carbocycles. The van der Waals surface area contributed by atoms with E-state index in [1.54, 1.807) is 0 Å². The largest absolute Gasteiger partial charge is 0.276 e. The summed E-state index contributed by atoms with van der Waals surface area (Å²) in [4.78, 5) is 13.3. The van der Waals surface area contributed by atoms with Crippen molar-refractivity contribution in [2.45, 2.75) is 13.8 Å². The predicted octanol–water partition coefficient (Wildman–Crippen LogP) is 5.61. The second kappa shape index (κ2) is 6.06. The van der Waals surface area contributed by atoms with Crippen LogP contribution in [0.3, 0.4) is 0 Å². The molecule has 0 amide bonds. The Morgan fingerprint density at radius 1 is 0.760 bits per heavy atom. The molecule has 2 nitrogen and oxygen atoms in total. The van der Waals surface area contributed by atoms with E-state index < -0.39 is 0 Å². The minimum atomic E-state index is -0.00212. The van der Waals surface area contributed by atoms with Gasteiger partial charge in [0.25, 0.3) is 5.91 Å². The standard InChI is InChI=1S/C23H19NO/c1-16-13-20-15-22(18-9-5-3-6-10-18)24(21(20)14-17(16)2)23(25)19-11-7-4-8-12-19/h3-15H,1-2H3. The summed E-state index contributed by atoms with van der Waals surface area (Å²) in [7, 11) is 0. The van der Waals surface area contributed by atoms with Crippen LogP contribution in [0.25, 0.3) is 22.2 Å². The van der Waals surface area contributed by atoms with Gasteiger partial charge in [0.1, 0.15) is 0 Å². The lowest BCUT2D eigenvalue weighted by Crippen LogP contribution is -2.13. The van der Waals surface area contributed by atoms with Crippen molar-refractivity contribution in [2.24, 2.45) is 0 Å². The molecule has 3 aromatic carbocycles. The summed E-state index contributed by atoms with van der Waals surface area (Å²) in [5, 5.41) is 1.09. The highest BCUT2D eigenvalue weighted by Gasteiger charge is 2.18. The summed E-state index contributed by atoms with van der Waals surface area (Å²) in [5.41, 5.74) is 6.03. The number of carbonyl (C=O) groups is 1. The van der Waals surface area contributed by atoms with Gasteiger partial charge in [0.05, 0.1) is 11.2 Å². The van der Waals surface area contributed by atoms with Gasteiger partial charge >= 0.3 is 0 Å². The van der Waals surface area contributed by atoms with Gasteiger partial charge in [-0.25, -0.2) is 0 Å². The van der Waals surface area contributed by atoms with Crippen molar-refractivity contribution in [1.29, 1.82) is 0 Å². The van der Waals surface area contributed by atoms with Gasteiger partial charge in [-0.3, -0.25) is 9.36 Å². The van der Waals surface area contributed by atoms with Crippen LogP contribution in [0.2, 0.25) is 0 Å². The number of hydrogen-bond acceptors (Lipinski definition) is 1. The molecule has 0 atom stereocenters. The SMILES string of the molecule is Cc1cc2cc(-c3ccccc3)n(C(=O)c3ccccc3)c2cc1C. The highest BCUT2D eigenvalue weighted by molar-refractivity contribution is 6.06. The summed E-state index contributed by atoms with van der Waals surface area (Å²) in [6.07, 6.45) is 0. The molecule has 4 rings (SSSR count). The smallest absolute Gasteiger partial charge is 0.262 e. The van der Waals surface area contributed by atoms with Gasteiger partial charge in [0, 0.05) is 10.9 Å². The number of fused-ring (bicyclic) bond motifs is 1. The van der Waals surface area contributed by atoms with Crippen molar-refractivity contribution in [3.05, 3.63) is 95.6 Å². The lowest BCUT2D eigenvalue weighted by atomic mass is 10.1. The molecule has 0 aliphatic heterocycles. The summed E-state index contributed by atoms with van der Waals surface area (Å²) in [6.45, 7) is 4.19. The zero-order valence-electron chi connectivity index (χ0n) is 14.4. The molecule has 122 valence electrons. The quantitative estimate of drug-likeness (QED) is 0.469. The van der Waals surface area contributed by atoms with E-state index in [1.165, 1.54) is 11.1 Å². The van der Waals surface area contributed by atoms with Crippen molar-refractivity contribution < 1.29 is 4.79 Å². The molecule has 0 unspecified atom stereocenters. The molecule has 0 bridgehead atoms. The Kier molecular flexibility index (Phi) is 3.73. The monoisotopic (exact) mass is 325 g/mol. The minimum Gasteiger partial charge on any atom is -0.276 e. The van der Waals surface area contributed by atoms with E-state index in [0.717, 1.165) is 22.2 Å². The Morgan fingerprint density at radius 2 is 1.36 bits per heavy atom. The van der Waals surface area contributed by atoms with Crippen LogP contribution in [0.5, 0.6) is 0 Å². The zero-order valence-corrected chi connectivity index (χ0v) is 14.4. The first-order valence-corrected chi connectivity index (χ1v) is 8.43. The van der Waals surface area contributed by atoms with Crippen LogP contribution in [0, 0.1) is 13.8 Å². The average Bonchev–Trinajstić information content (AvgIpc) is 3.01. The summed E-state index contributed by atoms with van der Waals surface area (Å²) in [6, 6.07) is 25.9. The Balaban J connectivity index is 2.03. The molecule has 1 aromatic heterocycles. The summed E-state index contributed by atoms with van der Waals surface area (Å²) >= 11 is 0. The first-order valence-electron chi connectivity index (χ1n) is 8.43. The molecule has 0 spiro atoms. The molecule has 2 heteroatoms. The van der Waals surface area contributed by atoms with Crippen LogP contribution in [-0.2, 0) is 0 Å². The van der Waals surface area contributed by atoms with Crippen LogP contribution in [-0.4, -0.2) is 10.5 Å². The van der Waals surface area contributed by atoms with Crippen molar-refractivity contribution in [2.75, 3.05) is 0 Å². The Bertz CT molecular complexity index is 1060. The maximum absolute atomic E-state index is 13.3. The third kappa shape index (κ3) is 2.66. The van der Waals surface area contributed by atoms with Crippen LogP contribution in [0.1, 0.15) is 21.5 Å². The molecule has 0 fully saturated rings. The number of nitrogens with zero attached hydrogens (tertiary/aromatic N) is 1. The van der Waals surface area contributed by atoms with Gasteiger partial charge in [0.2, 0.25) is 0 Å². The van der Waals surface area contributed by atoms with Crippen LogP contribution in [0.15, 0.2) is 78.9 Å². The van der Waals surface area contributed by atoms with Gasteiger partial charge < -0.3 is 0 Å². The Morgan fingerprint density at radius 3 is 2.04 bits per heavy atom. The van der Waals surface area contributed by atoms with E-state index >= 15 is 0 Å². The van der Waals surface area contributed by atoms with Crippen LogP contribution in [0.4, 0.5) is 0 Å². The lowest BCUT2D eigenvalue weighted by molar-refractivity contribution is 0.0967. The molecule has 0 radical (unpaired) electrons. The number of hydrogen-bond donors (Lipinski definition) is 0. The number of rotatable bonds is 2. The van der Waals surface area contributed by atoms with Gasteiger partial charge in [-0.05, 0) is 60.9 Å². The number of carbonyl (C=O) groups excluding carboxylic acids is 1. The third-order valence-corrected chi connectivity index (χ3v) is 4.71. The summed E-state index contributed by atoms with van der Waals surface area (Å²) < 4.78 is 1.84. The lowest BCUT2D eigenvalue weighted by Gasteiger charge is -2.10. The van der Waals surface area contributed by atoms with Gasteiger partial charge in [0.15, 0.2) is 0 Å². The van der Waals surface area contributed by atoms with E-state index in [0.29, 0.717) is 5.56 Å². The van der Waals surface area contributed by atoms with Crippen molar-refractivity contribution in [1.82, 2.24) is 4.57 Å². The maximum Gasteiger partial charge on any atom is 0.262 e. The molecule has 0 aliphatic rings. The second-order valence-corrected chi connectivity index (χ2v) is 6.40. The normalized spacial score (nSPS) is 11.0. The van der Waals surface area contributed by atoms with Gasteiger partial charge in [-0.15, -0.1) is 0 Å². The van der Waals surface area contributed by atoms with Crippen LogP contribution < -0.4 is 0 Å². The topological polar surface area (TPSA) is 22.0 Å². The second-order valence-electron chi connectivity index (χ2n) is 6.40.